The average molecular weight is 548 g/mol. The van der Waals surface area contributed by atoms with Gasteiger partial charge in [0.25, 0.3) is 30.4 Å². The molecule has 0 atom stereocenters. The van der Waals surface area contributed by atoms with E-state index >= 15 is 0 Å². The Hall–Kier alpha value is -3.35. The van der Waals surface area contributed by atoms with Crippen LogP contribution in [-0.4, -0.2) is 58.2 Å². The number of hydrogen-bond acceptors (Lipinski definition) is 11. The third kappa shape index (κ3) is 5.34. The van der Waals surface area contributed by atoms with Crippen LogP contribution >= 0.6 is 0 Å². The number of nitrogens with one attached hydrogen (secondary N) is 1. The summed E-state index contributed by atoms with van der Waals surface area (Å²) in [6, 6.07) is 6.40. The van der Waals surface area contributed by atoms with Gasteiger partial charge < -0.3 is 15.2 Å². The SMILES string of the molecule is CNc1ccc2c(O)c(N=Nc3cc(S(=O)(=O)O)c(OC)cc3S(=O)(=O)O)c(S(=O)(=O)O)cc2c1. The van der Waals surface area contributed by atoms with Crippen molar-refractivity contribution in [3.05, 3.63) is 36.4 Å². The highest BCUT2D eigenvalue weighted by Crippen LogP contribution is 2.43. The van der Waals surface area contributed by atoms with Gasteiger partial charge >= 0.3 is 0 Å². The second kappa shape index (κ2) is 9.02. The Morgan fingerprint density at radius 2 is 1.40 bits per heavy atom. The number of ether oxygens (including phenoxy) is 1. The summed E-state index contributed by atoms with van der Waals surface area (Å²) >= 11 is 0. The topological polar surface area (TPSA) is 229 Å². The summed E-state index contributed by atoms with van der Waals surface area (Å²) in [5.74, 6) is -1.43. The fourth-order valence-corrected chi connectivity index (χ4v) is 5.02. The summed E-state index contributed by atoms with van der Waals surface area (Å²) in [7, 11) is -12.5. The summed E-state index contributed by atoms with van der Waals surface area (Å²) < 4.78 is 104. The minimum absolute atomic E-state index is 0.0775. The molecule has 0 bridgehead atoms. The van der Waals surface area contributed by atoms with Crippen LogP contribution in [0.25, 0.3) is 10.8 Å². The Labute approximate surface area is 199 Å². The van der Waals surface area contributed by atoms with E-state index in [2.05, 4.69) is 15.5 Å². The van der Waals surface area contributed by atoms with E-state index in [1.807, 2.05) is 0 Å². The molecule has 0 aliphatic carbocycles. The number of fused-ring (bicyclic) bond motifs is 1. The molecule has 3 aromatic rings. The van der Waals surface area contributed by atoms with Crippen molar-refractivity contribution >= 4 is 58.2 Å². The number of phenols is 1. The molecule has 3 aromatic carbocycles. The van der Waals surface area contributed by atoms with E-state index in [9.17, 15) is 44.0 Å². The third-order valence-electron chi connectivity index (χ3n) is 4.68. The van der Waals surface area contributed by atoms with Crippen molar-refractivity contribution in [3.63, 3.8) is 0 Å². The standard InChI is InChI=1S/C18H17N3O11S3/c1-19-10-3-4-11-9(5-10)6-16(35(29,30)31)17(18(11)22)21-20-12-7-15(34(26,27)28)13(32-2)8-14(12)33(23,24)25/h3-8,19,22H,1-2H3,(H,23,24,25)(H,26,27,28)(H,29,30,31). The molecule has 0 aliphatic rings. The number of nitrogens with zero attached hydrogens (tertiary/aromatic N) is 2. The fraction of sp³-hybridized carbons (Fsp3) is 0.111. The van der Waals surface area contributed by atoms with Gasteiger partial charge in [-0.25, -0.2) is 0 Å². The maximum absolute atomic E-state index is 12.0. The number of azo groups is 1. The molecule has 0 amide bonds. The highest BCUT2D eigenvalue weighted by Gasteiger charge is 2.26. The molecule has 0 saturated carbocycles. The molecule has 17 heteroatoms. The van der Waals surface area contributed by atoms with E-state index in [4.69, 9.17) is 4.74 Å². The number of phenolic OH excluding ortho intramolecular Hbond substituents is 1. The predicted molar refractivity (Wildman–Crippen MR) is 122 cm³/mol. The first kappa shape index (κ1) is 26.3. The zero-order valence-corrected chi connectivity index (χ0v) is 20.2. The van der Waals surface area contributed by atoms with Crippen molar-refractivity contribution in [1.82, 2.24) is 0 Å². The lowest BCUT2D eigenvalue weighted by molar-refractivity contribution is 0.395. The number of aromatic hydroxyl groups is 1. The lowest BCUT2D eigenvalue weighted by atomic mass is 10.1. The smallest absolute Gasteiger partial charge is 0.298 e. The van der Waals surface area contributed by atoms with Crippen LogP contribution in [0.5, 0.6) is 11.5 Å². The van der Waals surface area contributed by atoms with Crippen LogP contribution in [0.1, 0.15) is 0 Å². The first-order valence-corrected chi connectivity index (χ1v) is 13.4. The Bertz CT molecular complexity index is 1700. The summed E-state index contributed by atoms with van der Waals surface area (Å²) in [5.41, 5.74) is -1.14. The number of rotatable bonds is 7. The van der Waals surface area contributed by atoms with Gasteiger partial charge in [-0.05, 0) is 35.7 Å². The second-order valence-corrected chi connectivity index (χ2v) is 11.0. The Morgan fingerprint density at radius 1 is 0.800 bits per heavy atom. The lowest BCUT2D eigenvalue weighted by Crippen LogP contribution is -2.05. The normalized spacial score (nSPS) is 12.8. The van der Waals surface area contributed by atoms with Crippen LogP contribution < -0.4 is 10.1 Å². The first-order chi connectivity index (χ1) is 16.1. The summed E-state index contributed by atoms with van der Waals surface area (Å²) in [4.78, 5) is -2.87. The molecule has 14 nitrogen and oxygen atoms in total. The number of anilines is 1. The molecule has 0 aromatic heterocycles. The van der Waals surface area contributed by atoms with Gasteiger partial charge in [-0.2, -0.15) is 25.3 Å². The number of methoxy groups -OCH3 is 1. The van der Waals surface area contributed by atoms with Gasteiger partial charge in [0.1, 0.15) is 31.8 Å². The highest BCUT2D eigenvalue weighted by molar-refractivity contribution is 7.86. The van der Waals surface area contributed by atoms with Crippen molar-refractivity contribution < 1.29 is 48.8 Å². The highest BCUT2D eigenvalue weighted by atomic mass is 32.2. The van der Waals surface area contributed by atoms with Crippen LogP contribution in [0.2, 0.25) is 0 Å². The van der Waals surface area contributed by atoms with Gasteiger partial charge in [0.2, 0.25) is 0 Å². The van der Waals surface area contributed by atoms with Gasteiger partial charge in [-0.15, -0.1) is 10.2 Å². The molecule has 0 fully saturated rings. The quantitative estimate of drug-likeness (QED) is 0.212. The number of hydrogen-bond donors (Lipinski definition) is 5. The Kier molecular flexibility index (Phi) is 6.77. The van der Waals surface area contributed by atoms with Crippen molar-refractivity contribution in [2.24, 2.45) is 10.2 Å². The van der Waals surface area contributed by atoms with E-state index in [0.717, 1.165) is 13.2 Å². The lowest BCUT2D eigenvalue weighted by Gasteiger charge is -2.11. The second-order valence-electron chi connectivity index (χ2n) is 6.85. The maximum atomic E-state index is 12.0. The van der Waals surface area contributed by atoms with E-state index in [-0.39, 0.29) is 10.8 Å². The van der Waals surface area contributed by atoms with E-state index in [1.165, 1.54) is 18.2 Å². The zero-order valence-electron chi connectivity index (χ0n) is 17.7. The van der Waals surface area contributed by atoms with Crippen molar-refractivity contribution in [1.29, 1.82) is 0 Å². The summed E-state index contributed by atoms with van der Waals surface area (Å²) in [5, 5.41) is 20.7. The molecule has 0 heterocycles. The van der Waals surface area contributed by atoms with Crippen molar-refractivity contribution in [2.45, 2.75) is 14.7 Å². The molecule has 188 valence electrons. The first-order valence-electron chi connectivity index (χ1n) is 9.11. The average Bonchev–Trinajstić information content (AvgIpc) is 2.75. The van der Waals surface area contributed by atoms with Crippen molar-refractivity contribution in [3.8, 4) is 11.5 Å². The molecule has 0 spiro atoms. The van der Waals surface area contributed by atoms with Gasteiger partial charge in [0.05, 0.1) is 7.11 Å². The van der Waals surface area contributed by atoms with Crippen LogP contribution in [0.4, 0.5) is 17.1 Å². The summed E-state index contributed by atoms with van der Waals surface area (Å²) in [6.45, 7) is 0. The van der Waals surface area contributed by atoms with Gasteiger partial charge in [0, 0.05) is 24.2 Å². The molecule has 0 unspecified atom stereocenters. The van der Waals surface area contributed by atoms with Gasteiger partial charge in [0.15, 0.2) is 5.75 Å². The van der Waals surface area contributed by atoms with Crippen molar-refractivity contribution in [2.75, 3.05) is 19.5 Å². The van der Waals surface area contributed by atoms with Crippen LogP contribution in [-0.2, 0) is 30.4 Å². The van der Waals surface area contributed by atoms with Crippen LogP contribution in [0.3, 0.4) is 0 Å². The maximum Gasteiger partial charge on any atom is 0.298 e. The summed E-state index contributed by atoms with van der Waals surface area (Å²) in [6.07, 6.45) is 0. The molecular weight excluding hydrogens is 530 g/mol. The van der Waals surface area contributed by atoms with E-state index in [0.29, 0.717) is 17.8 Å². The van der Waals surface area contributed by atoms with Gasteiger partial charge in [-0.1, -0.05) is 0 Å². The van der Waals surface area contributed by atoms with Crippen LogP contribution in [0, 0.1) is 0 Å². The number of benzene rings is 3. The molecule has 0 aliphatic heterocycles. The minimum atomic E-state index is -5.07. The Morgan fingerprint density at radius 3 is 1.91 bits per heavy atom. The molecule has 0 saturated heterocycles. The van der Waals surface area contributed by atoms with Gasteiger partial charge in [-0.3, -0.25) is 13.7 Å². The predicted octanol–water partition coefficient (Wildman–Crippen LogP) is 2.75. The molecule has 0 radical (unpaired) electrons. The minimum Gasteiger partial charge on any atom is -0.505 e. The third-order valence-corrected chi connectivity index (χ3v) is 7.30. The fourth-order valence-electron chi connectivity index (χ4n) is 3.08. The largest absolute Gasteiger partial charge is 0.505 e. The zero-order chi connectivity index (χ0) is 26.3. The van der Waals surface area contributed by atoms with E-state index < -0.39 is 67.9 Å². The molecule has 3 rings (SSSR count). The Balaban J connectivity index is 2.37. The molecular formula is C18H17N3O11S3. The molecule has 35 heavy (non-hydrogen) atoms. The van der Waals surface area contributed by atoms with E-state index in [1.54, 1.807) is 7.05 Å². The monoisotopic (exact) mass is 547 g/mol. The van der Waals surface area contributed by atoms with Crippen LogP contribution in [0.15, 0.2) is 61.3 Å². The molecule has 5 N–H and O–H groups in total.